The maximum absolute atomic E-state index is 10.9. The lowest BCUT2D eigenvalue weighted by molar-refractivity contribution is -0.532. The molecule has 1 aliphatic heterocycles. The van der Waals surface area contributed by atoms with Gasteiger partial charge in [0.05, 0.1) is 5.60 Å². The highest BCUT2D eigenvalue weighted by molar-refractivity contribution is 5.13. The molecule has 0 spiro atoms. The molecule has 0 aromatic carbocycles. The minimum Gasteiger partial charge on any atom is -0.364 e. The molecule has 1 fully saturated rings. The Kier molecular flexibility index (Phi) is 4.89. The molecule has 1 heterocycles. The van der Waals surface area contributed by atoms with E-state index < -0.39 is 28.2 Å². The molecule has 0 bridgehead atoms. The largest absolute Gasteiger partial charge is 0.364 e. The van der Waals surface area contributed by atoms with Gasteiger partial charge in [-0.05, 0) is 38.5 Å². The highest BCUT2D eigenvalue weighted by atomic mass is 16.8. The van der Waals surface area contributed by atoms with E-state index in [1.54, 1.807) is 13.8 Å². The molecule has 22 heavy (non-hydrogen) atoms. The first-order chi connectivity index (χ1) is 9.54. The normalized spacial score (nSPS) is 28.1. The molecule has 1 aliphatic rings. The van der Waals surface area contributed by atoms with Gasteiger partial charge < -0.3 is 25.2 Å². The predicted octanol–water partition coefficient (Wildman–Crippen LogP) is 2.22. The van der Waals surface area contributed by atoms with Crippen LogP contribution in [0.3, 0.4) is 0 Å². The fourth-order valence-corrected chi connectivity index (χ4v) is 3.85. The first kappa shape index (κ1) is 19.8. The average molecular weight is 318 g/mol. The maximum Gasteiger partial charge on any atom is 0.289 e. The standard InChI is InChI=1S/C17H34O5/c1-11(2)9-15(10-12(3)4)13(5,6)16(18,19)14(7,8)17(20,21)22-15/h11-12,18-21H,9-10H2,1-8H3. The second-order valence-electron chi connectivity index (χ2n) is 8.82. The summed E-state index contributed by atoms with van der Waals surface area (Å²) in [6.45, 7) is 14.3. The summed E-state index contributed by atoms with van der Waals surface area (Å²) in [6.07, 6.45) is 1.00. The molecule has 1 rings (SSSR count). The SMILES string of the molecule is CC(C)CC1(CC(C)C)OC(O)(O)C(C)(C)C(O)(O)C1(C)C. The number of hydrogen-bond donors (Lipinski definition) is 4. The van der Waals surface area contributed by atoms with E-state index in [1.165, 1.54) is 13.8 Å². The van der Waals surface area contributed by atoms with Crippen molar-refractivity contribution in [1.29, 1.82) is 0 Å². The van der Waals surface area contributed by atoms with Crippen LogP contribution < -0.4 is 0 Å². The number of rotatable bonds is 4. The Balaban J connectivity index is 3.55. The van der Waals surface area contributed by atoms with Crippen LogP contribution in [0.1, 0.15) is 68.2 Å². The highest BCUT2D eigenvalue weighted by Crippen LogP contribution is 2.62. The molecule has 0 saturated carbocycles. The third-order valence-electron chi connectivity index (χ3n) is 5.51. The summed E-state index contributed by atoms with van der Waals surface area (Å²) < 4.78 is 5.84. The van der Waals surface area contributed by atoms with Gasteiger partial charge in [-0.1, -0.05) is 41.5 Å². The Labute approximate surface area is 134 Å². The summed E-state index contributed by atoms with van der Waals surface area (Å²) in [6, 6.07) is 0. The summed E-state index contributed by atoms with van der Waals surface area (Å²) in [5.41, 5.74) is -3.81. The molecule has 132 valence electrons. The van der Waals surface area contributed by atoms with E-state index in [4.69, 9.17) is 4.74 Å². The van der Waals surface area contributed by atoms with Crippen LogP contribution in [0, 0.1) is 22.7 Å². The molecule has 5 nitrogen and oxygen atoms in total. The van der Waals surface area contributed by atoms with Crippen LogP contribution in [-0.2, 0) is 4.74 Å². The molecule has 0 atom stereocenters. The number of hydrogen-bond acceptors (Lipinski definition) is 5. The highest BCUT2D eigenvalue weighted by Gasteiger charge is 2.74. The summed E-state index contributed by atoms with van der Waals surface area (Å²) in [5, 5.41) is 42.7. The van der Waals surface area contributed by atoms with Crippen LogP contribution in [0.4, 0.5) is 0 Å². The van der Waals surface area contributed by atoms with Crippen molar-refractivity contribution < 1.29 is 25.2 Å². The van der Waals surface area contributed by atoms with Crippen molar-refractivity contribution >= 4 is 0 Å². The van der Waals surface area contributed by atoms with Crippen LogP contribution in [0.15, 0.2) is 0 Å². The van der Waals surface area contributed by atoms with Crippen LogP contribution in [0.25, 0.3) is 0 Å². The molecule has 0 aliphatic carbocycles. The monoisotopic (exact) mass is 318 g/mol. The third-order valence-corrected chi connectivity index (χ3v) is 5.51. The minimum atomic E-state index is -2.63. The van der Waals surface area contributed by atoms with Gasteiger partial charge in [-0.15, -0.1) is 0 Å². The number of aliphatic hydroxyl groups is 4. The van der Waals surface area contributed by atoms with Gasteiger partial charge in [0.2, 0.25) is 0 Å². The second-order valence-corrected chi connectivity index (χ2v) is 8.82. The van der Waals surface area contributed by atoms with Crippen LogP contribution in [-0.4, -0.2) is 37.8 Å². The van der Waals surface area contributed by atoms with Gasteiger partial charge in [0.25, 0.3) is 5.97 Å². The molecular weight excluding hydrogens is 284 g/mol. The predicted molar refractivity (Wildman–Crippen MR) is 84.6 cm³/mol. The van der Waals surface area contributed by atoms with Crippen LogP contribution >= 0.6 is 0 Å². The van der Waals surface area contributed by atoms with Crippen molar-refractivity contribution in [3.63, 3.8) is 0 Å². The van der Waals surface area contributed by atoms with Crippen molar-refractivity contribution in [3.8, 4) is 0 Å². The van der Waals surface area contributed by atoms with Gasteiger partial charge in [-0.2, -0.15) is 0 Å². The maximum atomic E-state index is 10.9. The minimum absolute atomic E-state index is 0.200. The first-order valence-electron chi connectivity index (χ1n) is 8.14. The molecule has 0 unspecified atom stereocenters. The summed E-state index contributed by atoms with van der Waals surface area (Å²) in [7, 11) is 0. The van der Waals surface area contributed by atoms with Gasteiger partial charge in [0.1, 0.15) is 5.41 Å². The lowest BCUT2D eigenvalue weighted by atomic mass is 9.54. The Morgan fingerprint density at radius 2 is 1.09 bits per heavy atom. The van der Waals surface area contributed by atoms with Gasteiger partial charge in [-0.3, -0.25) is 0 Å². The molecule has 4 N–H and O–H groups in total. The van der Waals surface area contributed by atoms with Crippen LogP contribution in [0.2, 0.25) is 0 Å². The average Bonchev–Trinajstić information content (AvgIpc) is 2.23. The molecule has 0 aromatic heterocycles. The zero-order chi connectivity index (χ0) is 17.8. The van der Waals surface area contributed by atoms with Crippen molar-refractivity contribution in [2.75, 3.05) is 0 Å². The summed E-state index contributed by atoms with van der Waals surface area (Å²) in [4.78, 5) is 0. The Hall–Kier alpha value is -0.200. The van der Waals surface area contributed by atoms with E-state index in [0.29, 0.717) is 12.8 Å². The van der Waals surface area contributed by atoms with Gasteiger partial charge in [-0.25, -0.2) is 0 Å². The van der Waals surface area contributed by atoms with Gasteiger partial charge >= 0.3 is 0 Å². The van der Waals surface area contributed by atoms with E-state index in [9.17, 15) is 20.4 Å². The summed E-state index contributed by atoms with van der Waals surface area (Å²) in [5.74, 6) is -4.54. The fraction of sp³-hybridized carbons (Fsp3) is 1.00. The van der Waals surface area contributed by atoms with E-state index >= 15 is 0 Å². The van der Waals surface area contributed by atoms with Crippen molar-refractivity contribution in [1.82, 2.24) is 0 Å². The zero-order valence-corrected chi connectivity index (χ0v) is 15.3. The molecule has 0 radical (unpaired) electrons. The molecule has 5 heteroatoms. The smallest absolute Gasteiger partial charge is 0.289 e. The van der Waals surface area contributed by atoms with E-state index in [-0.39, 0.29) is 11.8 Å². The lowest BCUT2D eigenvalue weighted by Gasteiger charge is -2.65. The second kappa shape index (κ2) is 5.42. The Bertz CT molecular complexity index is 397. The summed E-state index contributed by atoms with van der Waals surface area (Å²) >= 11 is 0. The molecule has 1 saturated heterocycles. The van der Waals surface area contributed by atoms with Crippen molar-refractivity contribution in [3.05, 3.63) is 0 Å². The topological polar surface area (TPSA) is 90.2 Å². The number of ether oxygens (including phenoxy) is 1. The van der Waals surface area contributed by atoms with E-state index in [1.807, 2.05) is 27.7 Å². The van der Waals surface area contributed by atoms with Crippen molar-refractivity contribution in [2.45, 2.75) is 85.6 Å². The Morgan fingerprint density at radius 1 is 0.727 bits per heavy atom. The van der Waals surface area contributed by atoms with E-state index in [0.717, 1.165) is 0 Å². The molecule has 0 amide bonds. The van der Waals surface area contributed by atoms with E-state index in [2.05, 4.69) is 0 Å². The van der Waals surface area contributed by atoms with Gasteiger partial charge in [0.15, 0.2) is 5.79 Å². The molecule has 0 aromatic rings. The lowest BCUT2D eigenvalue weighted by Crippen LogP contribution is -2.78. The fourth-order valence-electron chi connectivity index (χ4n) is 3.85. The zero-order valence-electron chi connectivity index (χ0n) is 15.3. The third kappa shape index (κ3) is 2.61. The Morgan fingerprint density at radius 3 is 1.41 bits per heavy atom. The van der Waals surface area contributed by atoms with Gasteiger partial charge in [0, 0.05) is 5.41 Å². The van der Waals surface area contributed by atoms with Crippen molar-refractivity contribution in [2.24, 2.45) is 22.7 Å². The quantitative estimate of drug-likeness (QED) is 0.597. The van der Waals surface area contributed by atoms with Crippen LogP contribution in [0.5, 0.6) is 0 Å². The molecular formula is C17H34O5. The first-order valence-corrected chi connectivity index (χ1v) is 8.14.